The lowest BCUT2D eigenvalue weighted by atomic mass is 10.00. The van der Waals surface area contributed by atoms with Gasteiger partial charge in [0, 0.05) is 32.2 Å². The van der Waals surface area contributed by atoms with E-state index in [0.29, 0.717) is 6.04 Å². The minimum atomic E-state index is 0.701. The highest BCUT2D eigenvalue weighted by atomic mass is 16.4. The van der Waals surface area contributed by atoms with Gasteiger partial charge in [0.05, 0.1) is 5.69 Å². The number of nitrogens with one attached hydrogen (secondary N) is 1. The number of rotatable bonds is 3. The molecule has 0 radical (unpaired) electrons. The molecule has 0 saturated carbocycles. The highest BCUT2D eigenvalue weighted by molar-refractivity contribution is 5.28. The standard InChI is InChI=1S/C13H22N4O/c1-14-8-11-10-18-13(15-11)17-7-6-16-5-3-2-4-12(16)9-17/h10,12,14H,2-9H2,1H3. The molecule has 2 aliphatic heterocycles. The molecule has 1 aromatic rings. The summed E-state index contributed by atoms with van der Waals surface area (Å²) < 4.78 is 5.59. The average Bonchev–Trinajstić information content (AvgIpc) is 2.87. The molecular weight excluding hydrogens is 228 g/mol. The van der Waals surface area contributed by atoms with Crippen LogP contribution in [0.15, 0.2) is 10.7 Å². The van der Waals surface area contributed by atoms with Crippen LogP contribution in [-0.4, -0.2) is 49.2 Å². The van der Waals surface area contributed by atoms with Crippen LogP contribution in [0.25, 0.3) is 0 Å². The molecule has 2 fully saturated rings. The Morgan fingerprint density at radius 3 is 3.22 bits per heavy atom. The number of aromatic nitrogens is 1. The van der Waals surface area contributed by atoms with Crippen molar-refractivity contribution >= 4 is 6.01 Å². The summed E-state index contributed by atoms with van der Waals surface area (Å²) >= 11 is 0. The summed E-state index contributed by atoms with van der Waals surface area (Å²) in [5, 5.41) is 3.10. The topological polar surface area (TPSA) is 44.5 Å². The third-order valence-electron chi connectivity index (χ3n) is 4.01. The van der Waals surface area contributed by atoms with Gasteiger partial charge in [0.2, 0.25) is 0 Å². The van der Waals surface area contributed by atoms with E-state index in [1.54, 1.807) is 6.26 Å². The van der Waals surface area contributed by atoms with E-state index in [0.717, 1.165) is 37.9 Å². The molecule has 18 heavy (non-hydrogen) atoms. The minimum absolute atomic E-state index is 0.701. The number of nitrogens with zero attached hydrogens (tertiary/aromatic N) is 3. The Morgan fingerprint density at radius 1 is 1.39 bits per heavy atom. The monoisotopic (exact) mass is 250 g/mol. The summed E-state index contributed by atoms with van der Waals surface area (Å²) in [4.78, 5) is 9.46. The summed E-state index contributed by atoms with van der Waals surface area (Å²) in [5.41, 5.74) is 0.985. The van der Waals surface area contributed by atoms with Gasteiger partial charge in [0.1, 0.15) is 6.26 Å². The molecular formula is C13H22N4O. The van der Waals surface area contributed by atoms with Crippen LogP contribution in [0.5, 0.6) is 0 Å². The van der Waals surface area contributed by atoms with Crippen molar-refractivity contribution in [3.8, 4) is 0 Å². The predicted molar refractivity (Wildman–Crippen MR) is 70.7 cm³/mol. The zero-order valence-corrected chi connectivity index (χ0v) is 11.1. The van der Waals surface area contributed by atoms with Crippen LogP contribution >= 0.6 is 0 Å². The lowest BCUT2D eigenvalue weighted by Crippen LogP contribution is -2.55. The van der Waals surface area contributed by atoms with Crippen LogP contribution in [0, 0.1) is 0 Å². The third kappa shape index (κ3) is 2.37. The molecule has 1 atom stereocenters. The molecule has 0 bridgehead atoms. The van der Waals surface area contributed by atoms with Gasteiger partial charge in [-0.05, 0) is 26.4 Å². The summed E-state index contributed by atoms with van der Waals surface area (Å²) in [7, 11) is 1.93. The van der Waals surface area contributed by atoms with Gasteiger partial charge < -0.3 is 14.6 Å². The van der Waals surface area contributed by atoms with Crippen molar-refractivity contribution in [3.63, 3.8) is 0 Å². The first-order valence-corrected chi connectivity index (χ1v) is 6.95. The fourth-order valence-electron chi connectivity index (χ4n) is 3.03. The lowest BCUT2D eigenvalue weighted by molar-refractivity contribution is 0.131. The normalized spacial score (nSPS) is 25.2. The number of hydrogen-bond donors (Lipinski definition) is 1. The van der Waals surface area contributed by atoms with Gasteiger partial charge in [-0.1, -0.05) is 6.42 Å². The molecule has 0 amide bonds. The molecule has 3 heterocycles. The molecule has 0 aliphatic carbocycles. The Bertz CT molecular complexity index is 392. The van der Waals surface area contributed by atoms with Crippen molar-refractivity contribution in [1.29, 1.82) is 0 Å². The molecule has 0 aromatic carbocycles. The molecule has 2 saturated heterocycles. The number of piperazine rings is 1. The molecule has 2 aliphatic rings. The number of fused-ring (bicyclic) bond motifs is 1. The first kappa shape index (κ1) is 12.0. The lowest BCUT2D eigenvalue weighted by Gasteiger charge is -2.43. The maximum atomic E-state index is 5.59. The summed E-state index contributed by atoms with van der Waals surface area (Å²) in [6, 6.07) is 1.50. The molecule has 3 rings (SSSR count). The van der Waals surface area contributed by atoms with Crippen LogP contribution in [0.3, 0.4) is 0 Å². The Hall–Kier alpha value is -1.07. The van der Waals surface area contributed by atoms with E-state index in [4.69, 9.17) is 4.42 Å². The highest BCUT2D eigenvalue weighted by Gasteiger charge is 2.30. The quantitative estimate of drug-likeness (QED) is 0.869. The van der Waals surface area contributed by atoms with Crippen molar-refractivity contribution in [1.82, 2.24) is 15.2 Å². The van der Waals surface area contributed by atoms with E-state index in [1.165, 1.54) is 25.8 Å². The fraction of sp³-hybridized carbons (Fsp3) is 0.769. The van der Waals surface area contributed by atoms with Crippen LogP contribution in [0.2, 0.25) is 0 Å². The average molecular weight is 250 g/mol. The SMILES string of the molecule is CNCc1coc(N2CCN3CCCCC3C2)n1. The molecule has 100 valence electrons. The van der Waals surface area contributed by atoms with Gasteiger partial charge in [0.25, 0.3) is 6.01 Å². The number of hydrogen-bond acceptors (Lipinski definition) is 5. The maximum absolute atomic E-state index is 5.59. The van der Waals surface area contributed by atoms with Crippen molar-refractivity contribution in [3.05, 3.63) is 12.0 Å². The van der Waals surface area contributed by atoms with E-state index in [1.807, 2.05) is 7.05 Å². The highest BCUT2D eigenvalue weighted by Crippen LogP contribution is 2.24. The minimum Gasteiger partial charge on any atom is -0.432 e. The predicted octanol–water partition coefficient (Wildman–Crippen LogP) is 1.07. The van der Waals surface area contributed by atoms with E-state index >= 15 is 0 Å². The Balaban J connectivity index is 1.65. The van der Waals surface area contributed by atoms with Crippen LogP contribution < -0.4 is 10.2 Å². The van der Waals surface area contributed by atoms with Gasteiger partial charge in [-0.3, -0.25) is 4.90 Å². The van der Waals surface area contributed by atoms with Crippen LogP contribution in [-0.2, 0) is 6.54 Å². The van der Waals surface area contributed by atoms with Crippen molar-refractivity contribution in [2.45, 2.75) is 31.8 Å². The molecule has 1 unspecified atom stereocenters. The second-order valence-corrected chi connectivity index (χ2v) is 5.28. The Labute approximate surface area is 108 Å². The molecule has 5 nitrogen and oxygen atoms in total. The fourth-order valence-corrected chi connectivity index (χ4v) is 3.03. The van der Waals surface area contributed by atoms with Crippen molar-refractivity contribution in [2.75, 3.05) is 38.1 Å². The number of anilines is 1. The summed E-state index contributed by atoms with van der Waals surface area (Å²) in [5.74, 6) is 0. The zero-order valence-electron chi connectivity index (χ0n) is 11.1. The van der Waals surface area contributed by atoms with Gasteiger partial charge in [0.15, 0.2) is 0 Å². The van der Waals surface area contributed by atoms with Gasteiger partial charge in [-0.25, -0.2) is 0 Å². The smallest absolute Gasteiger partial charge is 0.297 e. The number of oxazole rings is 1. The first-order valence-electron chi connectivity index (χ1n) is 6.95. The van der Waals surface area contributed by atoms with E-state index < -0.39 is 0 Å². The summed E-state index contributed by atoms with van der Waals surface area (Å²) in [6.45, 7) is 5.30. The molecule has 0 spiro atoms. The van der Waals surface area contributed by atoms with Crippen LogP contribution in [0.1, 0.15) is 25.0 Å². The van der Waals surface area contributed by atoms with E-state index in [-0.39, 0.29) is 0 Å². The third-order valence-corrected chi connectivity index (χ3v) is 4.01. The van der Waals surface area contributed by atoms with Gasteiger partial charge in [-0.15, -0.1) is 0 Å². The Morgan fingerprint density at radius 2 is 2.33 bits per heavy atom. The molecule has 1 N–H and O–H groups in total. The van der Waals surface area contributed by atoms with E-state index in [2.05, 4.69) is 20.1 Å². The number of piperidine rings is 1. The first-order chi connectivity index (χ1) is 8.86. The van der Waals surface area contributed by atoms with E-state index in [9.17, 15) is 0 Å². The second kappa shape index (κ2) is 5.28. The zero-order chi connectivity index (χ0) is 12.4. The molecule has 5 heteroatoms. The van der Waals surface area contributed by atoms with Crippen molar-refractivity contribution < 1.29 is 4.42 Å². The van der Waals surface area contributed by atoms with Gasteiger partial charge in [-0.2, -0.15) is 4.98 Å². The van der Waals surface area contributed by atoms with Gasteiger partial charge >= 0.3 is 0 Å². The summed E-state index contributed by atoms with van der Waals surface area (Å²) in [6.07, 6.45) is 5.81. The molecule has 1 aromatic heterocycles. The largest absolute Gasteiger partial charge is 0.432 e. The van der Waals surface area contributed by atoms with Crippen molar-refractivity contribution in [2.24, 2.45) is 0 Å². The Kier molecular flexibility index (Phi) is 3.52. The maximum Gasteiger partial charge on any atom is 0.297 e. The second-order valence-electron chi connectivity index (χ2n) is 5.28. The van der Waals surface area contributed by atoms with Crippen LogP contribution in [0.4, 0.5) is 6.01 Å².